The lowest BCUT2D eigenvalue weighted by Gasteiger charge is -2.65. The van der Waals surface area contributed by atoms with E-state index in [9.17, 15) is 39.0 Å². The maximum absolute atomic E-state index is 14.4. The molecule has 0 aliphatic heterocycles. The van der Waals surface area contributed by atoms with Gasteiger partial charge in [-0.3, -0.25) is 28.8 Å². The summed E-state index contributed by atoms with van der Waals surface area (Å²) in [5.41, 5.74) is -0.483. The van der Waals surface area contributed by atoms with E-state index in [-0.39, 0.29) is 123 Å². The molecule has 0 aromatic carbocycles. The fourth-order valence-corrected chi connectivity index (χ4v) is 20.2. The van der Waals surface area contributed by atoms with Crippen LogP contribution in [0.2, 0.25) is 0 Å². The highest BCUT2D eigenvalue weighted by Gasteiger charge is 2.71. The summed E-state index contributed by atoms with van der Waals surface area (Å²) in [5.74, 6) is 1.90. The third-order valence-electron chi connectivity index (χ3n) is 23.2. The monoisotopic (exact) mass is 1010 g/mol. The minimum Gasteiger partial charge on any atom is -0.469 e. The molecule has 0 heterocycles. The molecule has 0 amide bonds. The molecule has 0 saturated heterocycles. The maximum Gasteiger partial charge on any atom is 0.305 e. The number of Topliss-reactive ketones (excluding diaryl/α,β-unsaturated/α-hetero) is 2. The van der Waals surface area contributed by atoms with Crippen LogP contribution in [-0.4, -0.2) is 84.3 Å². The molecule has 6 unspecified atom stereocenters. The zero-order valence-corrected chi connectivity index (χ0v) is 46.7. The highest BCUT2D eigenvalue weighted by molar-refractivity contribution is 5.87. The fourth-order valence-electron chi connectivity index (χ4n) is 20.2. The Morgan fingerprint density at radius 1 is 0.597 bits per heavy atom. The van der Waals surface area contributed by atoms with Crippen molar-refractivity contribution in [2.75, 3.05) is 14.2 Å². The van der Waals surface area contributed by atoms with Gasteiger partial charge >= 0.3 is 23.9 Å². The van der Waals surface area contributed by atoms with Crippen LogP contribution >= 0.6 is 0 Å². The third kappa shape index (κ3) is 9.69. The van der Waals surface area contributed by atoms with Crippen molar-refractivity contribution < 1.29 is 57.9 Å². The zero-order valence-electron chi connectivity index (χ0n) is 46.7. The number of fused-ring (bicyclic) bond motifs is 10. The van der Waals surface area contributed by atoms with Crippen LogP contribution in [0.1, 0.15) is 192 Å². The van der Waals surface area contributed by atoms with Crippen LogP contribution in [-0.2, 0) is 47.7 Å². The van der Waals surface area contributed by atoms with Gasteiger partial charge in [0, 0.05) is 62.2 Å². The molecule has 2 N–H and O–H groups in total. The molecule has 408 valence electrons. The minimum absolute atomic E-state index is 0.0247. The van der Waals surface area contributed by atoms with Gasteiger partial charge in [0.2, 0.25) is 0 Å². The summed E-state index contributed by atoms with van der Waals surface area (Å²) in [4.78, 5) is 75.6. The van der Waals surface area contributed by atoms with E-state index in [2.05, 4.69) is 62.3 Å². The van der Waals surface area contributed by atoms with E-state index in [1.165, 1.54) is 28.1 Å². The smallest absolute Gasteiger partial charge is 0.305 e. The van der Waals surface area contributed by atoms with Gasteiger partial charge in [-0.25, -0.2) is 0 Å². The molecule has 12 nitrogen and oxygen atoms in total. The summed E-state index contributed by atoms with van der Waals surface area (Å²) < 4.78 is 21.0. The number of esters is 4. The van der Waals surface area contributed by atoms with Crippen LogP contribution in [0.4, 0.5) is 0 Å². The topological polar surface area (TPSA) is 180 Å². The molecule has 8 rings (SSSR count). The molecule has 8 aliphatic rings. The Kier molecular flexibility index (Phi) is 17.4. The largest absolute Gasteiger partial charge is 0.469 e. The van der Waals surface area contributed by atoms with Crippen molar-refractivity contribution >= 4 is 35.4 Å². The van der Waals surface area contributed by atoms with E-state index in [1.807, 2.05) is 0 Å². The van der Waals surface area contributed by atoms with Crippen molar-refractivity contribution in [3.05, 3.63) is 0 Å². The molecule has 12 heteroatoms. The summed E-state index contributed by atoms with van der Waals surface area (Å²) in [6.45, 7) is 23.1. The molecule has 0 radical (unpaired) electrons. The third-order valence-corrected chi connectivity index (χ3v) is 23.2. The normalized spacial score (nSPS) is 45.7. The molecule has 0 bridgehead atoms. The van der Waals surface area contributed by atoms with Crippen LogP contribution in [0, 0.1) is 110 Å². The van der Waals surface area contributed by atoms with Crippen LogP contribution in [0.25, 0.3) is 0 Å². The van der Waals surface area contributed by atoms with Crippen molar-refractivity contribution in [3.63, 3.8) is 0 Å². The van der Waals surface area contributed by atoms with Crippen LogP contribution < -0.4 is 0 Å². The Morgan fingerprint density at radius 2 is 1.04 bits per heavy atom. The number of aliphatic hydroxyl groups is 2. The molecular formula is C60H96O12. The average molecular weight is 1010 g/mol. The quantitative estimate of drug-likeness (QED) is 0.132. The van der Waals surface area contributed by atoms with E-state index >= 15 is 0 Å². The number of carbonyl (C=O) groups excluding carboxylic acids is 6. The Hall–Kier alpha value is -2.86. The standard InChI is InChI=1S/C31H50O6.C29H46O6/c1-8-20-24-16-19(37-18(4)32)14-15-30(24,5)27-26(28(20)34)23-12-11-22(17(3)10-13-25(33)36-7)31(23,6)21(9-2)29(27)35;1-7-19-22-14-18(35-17(3)30)12-13-28(22,4)26-23(31)15-29(5)20(16(2)8-11-24(32)34-6)9-10-21(29)25(26)27(19)33/h17,19-24,26-27,29,35H,8-16H2,1-7H3;16,18-23,25-26,31H,7-15H2,1-6H3/t17-,19-,20-,21+,22-,23?,24+,26?,27?,29+,30+,31-;16-,18-,19-,20-,21?,22+,23+,25?,26?,28+,29-/m11/s1. The summed E-state index contributed by atoms with van der Waals surface area (Å²) in [7, 11) is 2.88. The van der Waals surface area contributed by atoms with E-state index in [4.69, 9.17) is 18.9 Å². The Labute approximate surface area is 432 Å². The van der Waals surface area contributed by atoms with E-state index in [0.29, 0.717) is 48.1 Å². The van der Waals surface area contributed by atoms with Gasteiger partial charge in [0.25, 0.3) is 0 Å². The predicted octanol–water partition coefficient (Wildman–Crippen LogP) is 10.5. The van der Waals surface area contributed by atoms with Crippen LogP contribution in [0.5, 0.6) is 0 Å². The molecular weight excluding hydrogens is 913 g/mol. The van der Waals surface area contributed by atoms with Crippen LogP contribution in [0.3, 0.4) is 0 Å². The first kappa shape index (κ1) is 56.9. The SMILES string of the molecule is CC[C@H]1C(=O)C2C3CC[C@H]([C@H](C)CCC(=O)OC)[C@@]3(C)C[C@H](O)C2[C@@]2(C)CC[C@@H](OC(C)=O)C[C@@H]12.CC[C@H]1C(=O)C2C3CC[C@H]([C@H](C)CCC(=O)OC)[C@@]3(C)[C@@H](CC)[C@H](O)C2[C@@]2(C)CC[C@@H](OC(C)=O)C[C@@H]12. The molecule has 8 fully saturated rings. The molecule has 8 saturated carbocycles. The molecule has 0 spiro atoms. The van der Waals surface area contributed by atoms with Crippen LogP contribution in [0.15, 0.2) is 0 Å². The Morgan fingerprint density at radius 3 is 1.50 bits per heavy atom. The van der Waals surface area contributed by atoms with Crippen molar-refractivity contribution in [2.24, 2.45) is 110 Å². The van der Waals surface area contributed by atoms with Crippen molar-refractivity contribution in [1.29, 1.82) is 0 Å². The number of ether oxygens (including phenoxy) is 4. The van der Waals surface area contributed by atoms with Crippen molar-refractivity contribution in [3.8, 4) is 0 Å². The van der Waals surface area contributed by atoms with Gasteiger partial charge in [-0.2, -0.15) is 0 Å². The fraction of sp³-hybridized carbons (Fsp3) is 0.900. The average Bonchev–Trinajstić information content (AvgIpc) is 3.86. The van der Waals surface area contributed by atoms with Gasteiger partial charge in [0.15, 0.2) is 0 Å². The Bertz CT molecular complexity index is 2000. The number of methoxy groups -OCH3 is 2. The van der Waals surface area contributed by atoms with E-state index < -0.39 is 12.2 Å². The van der Waals surface area contributed by atoms with Crippen molar-refractivity contribution in [1.82, 2.24) is 0 Å². The van der Waals surface area contributed by atoms with Gasteiger partial charge in [0.05, 0.1) is 26.4 Å². The second-order valence-corrected chi connectivity index (χ2v) is 26.1. The molecule has 72 heavy (non-hydrogen) atoms. The lowest BCUT2D eigenvalue weighted by Crippen LogP contribution is -2.67. The molecule has 8 aliphatic carbocycles. The maximum atomic E-state index is 14.4. The van der Waals surface area contributed by atoms with Gasteiger partial charge in [-0.05, 0) is 171 Å². The summed E-state index contributed by atoms with van der Waals surface area (Å²) >= 11 is 0. The highest BCUT2D eigenvalue weighted by atomic mass is 16.5. The number of aliphatic hydroxyl groups excluding tert-OH is 2. The lowest BCUT2D eigenvalue weighted by molar-refractivity contribution is -0.219. The first-order chi connectivity index (χ1) is 33.9. The summed E-state index contributed by atoms with van der Waals surface area (Å²) in [6.07, 6.45) is 13.3. The lowest BCUT2D eigenvalue weighted by atomic mass is 9.39. The molecule has 0 aromatic rings. The highest BCUT2D eigenvalue weighted by Crippen LogP contribution is 2.72. The second kappa shape index (κ2) is 22.0. The van der Waals surface area contributed by atoms with Gasteiger partial charge < -0.3 is 29.2 Å². The number of carbonyl (C=O) groups is 6. The van der Waals surface area contributed by atoms with Crippen molar-refractivity contribution in [2.45, 2.75) is 216 Å². The van der Waals surface area contributed by atoms with Gasteiger partial charge in [-0.1, -0.05) is 68.7 Å². The van der Waals surface area contributed by atoms with Gasteiger partial charge in [-0.15, -0.1) is 0 Å². The first-order valence-electron chi connectivity index (χ1n) is 28.8. The van der Waals surface area contributed by atoms with E-state index in [1.54, 1.807) is 0 Å². The van der Waals surface area contributed by atoms with Gasteiger partial charge in [0.1, 0.15) is 23.8 Å². The second-order valence-electron chi connectivity index (χ2n) is 26.1. The minimum atomic E-state index is -0.524. The number of hydrogen-bond acceptors (Lipinski definition) is 12. The molecule has 23 atom stereocenters. The Balaban J connectivity index is 0.000000212. The summed E-state index contributed by atoms with van der Waals surface area (Å²) in [5, 5.41) is 24.0. The van der Waals surface area contributed by atoms with E-state index in [0.717, 1.165) is 103 Å². The first-order valence-corrected chi connectivity index (χ1v) is 28.8. The summed E-state index contributed by atoms with van der Waals surface area (Å²) in [6, 6.07) is 0. The molecule has 0 aromatic heterocycles. The number of hydrogen-bond donors (Lipinski definition) is 2. The number of ketones is 2. The number of rotatable bonds is 13. The zero-order chi connectivity index (χ0) is 53.0. The predicted molar refractivity (Wildman–Crippen MR) is 273 cm³/mol.